The fraction of sp³-hybridized carbons (Fsp3) is 0.0667. The fourth-order valence-electron chi connectivity index (χ4n) is 3.82. The molecule has 0 spiro atoms. The van der Waals surface area contributed by atoms with Crippen molar-refractivity contribution in [3.63, 3.8) is 0 Å². The molecule has 0 saturated carbocycles. The molecular weight excluding hydrogens is 480 g/mol. The highest BCUT2D eigenvalue weighted by molar-refractivity contribution is 5.46. The molecule has 0 saturated heterocycles. The van der Waals surface area contributed by atoms with Crippen molar-refractivity contribution in [2.24, 2.45) is 0 Å². The molecule has 8 heteroatoms. The smallest absolute Gasteiger partial charge is 0.278 e. The van der Waals surface area contributed by atoms with Crippen molar-refractivity contribution in [2.75, 3.05) is 22.9 Å². The molecule has 8 N–H and O–H groups in total. The second kappa shape index (κ2) is 10.4. The molecule has 38 heavy (non-hydrogen) atoms. The Morgan fingerprint density at radius 2 is 0.842 bits per heavy atom. The Bertz CT molecular complexity index is 1400. The standard InChI is InChI=1S/C30H28N4O4/c31-20-1-9-24(10-2-20)35-28-17-18-30(37-26-13-5-22(33)6-14-26,38-27-15-7-23(34)8-16-27)19-29(28)36-25-11-3-21(32)4-12-25/h1-18H,19,31-34H2. The van der Waals surface area contributed by atoms with E-state index in [1.165, 1.54) is 0 Å². The van der Waals surface area contributed by atoms with Gasteiger partial charge in [0.1, 0.15) is 23.0 Å². The van der Waals surface area contributed by atoms with E-state index in [2.05, 4.69) is 0 Å². The van der Waals surface area contributed by atoms with Gasteiger partial charge in [-0.2, -0.15) is 0 Å². The lowest BCUT2D eigenvalue weighted by atomic mass is 10.0. The number of allylic oxidation sites excluding steroid dienone is 1. The number of benzene rings is 4. The number of nitrogen functional groups attached to an aromatic ring is 4. The van der Waals surface area contributed by atoms with Gasteiger partial charge < -0.3 is 41.9 Å². The van der Waals surface area contributed by atoms with Gasteiger partial charge in [-0.3, -0.25) is 0 Å². The van der Waals surface area contributed by atoms with Crippen molar-refractivity contribution in [3.05, 3.63) is 121 Å². The van der Waals surface area contributed by atoms with Gasteiger partial charge in [-0.05, 0) is 103 Å². The third-order valence-corrected chi connectivity index (χ3v) is 5.74. The Balaban J connectivity index is 1.52. The number of rotatable bonds is 8. The van der Waals surface area contributed by atoms with Crippen molar-refractivity contribution >= 4 is 22.7 Å². The summed E-state index contributed by atoms with van der Waals surface area (Å²) >= 11 is 0. The maximum atomic E-state index is 6.43. The average Bonchev–Trinajstić information content (AvgIpc) is 2.91. The lowest BCUT2D eigenvalue weighted by molar-refractivity contribution is -0.0774. The summed E-state index contributed by atoms with van der Waals surface area (Å²) < 4.78 is 25.4. The molecule has 4 aromatic carbocycles. The number of hydrogen-bond donors (Lipinski definition) is 4. The first-order valence-corrected chi connectivity index (χ1v) is 11.9. The molecule has 0 aromatic heterocycles. The topological polar surface area (TPSA) is 141 Å². The highest BCUT2D eigenvalue weighted by Gasteiger charge is 2.39. The zero-order valence-corrected chi connectivity index (χ0v) is 20.5. The summed E-state index contributed by atoms with van der Waals surface area (Å²) in [5.74, 6) is 2.01. The molecule has 192 valence electrons. The van der Waals surface area contributed by atoms with E-state index in [0.717, 1.165) is 0 Å². The van der Waals surface area contributed by atoms with Gasteiger partial charge in [0.15, 0.2) is 11.5 Å². The van der Waals surface area contributed by atoms with E-state index in [1.54, 1.807) is 109 Å². The predicted octanol–water partition coefficient (Wildman–Crippen LogP) is 5.50. The van der Waals surface area contributed by atoms with E-state index in [0.29, 0.717) is 57.3 Å². The Kier molecular flexibility index (Phi) is 6.69. The molecule has 0 heterocycles. The van der Waals surface area contributed by atoms with Gasteiger partial charge in [-0.25, -0.2) is 0 Å². The molecule has 0 radical (unpaired) electrons. The lowest BCUT2D eigenvalue weighted by Crippen LogP contribution is -2.43. The number of ether oxygens (including phenoxy) is 4. The van der Waals surface area contributed by atoms with E-state index in [4.69, 9.17) is 41.9 Å². The SMILES string of the molecule is Nc1ccc(OC2=C(Oc3ccc(N)cc3)CC(Oc3ccc(N)cc3)(Oc3ccc(N)cc3)C=C2)cc1. The molecule has 0 unspecified atom stereocenters. The lowest BCUT2D eigenvalue weighted by Gasteiger charge is -2.35. The second-order valence-corrected chi connectivity index (χ2v) is 8.79. The summed E-state index contributed by atoms with van der Waals surface area (Å²) in [6.07, 6.45) is 3.73. The van der Waals surface area contributed by atoms with Crippen molar-refractivity contribution < 1.29 is 18.9 Å². The molecule has 0 bridgehead atoms. The molecular formula is C30H28N4O4. The molecule has 4 aromatic rings. The summed E-state index contributed by atoms with van der Waals surface area (Å²) in [6.45, 7) is 0. The van der Waals surface area contributed by atoms with Crippen LogP contribution in [0.25, 0.3) is 0 Å². The Labute approximate surface area is 220 Å². The Morgan fingerprint density at radius 1 is 0.474 bits per heavy atom. The highest BCUT2D eigenvalue weighted by Crippen LogP contribution is 2.37. The quantitative estimate of drug-likeness (QED) is 0.181. The zero-order valence-electron chi connectivity index (χ0n) is 20.5. The van der Waals surface area contributed by atoms with E-state index >= 15 is 0 Å². The second-order valence-electron chi connectivity index (χ2n) is 8.79. The summed E-state index contributed by atoms with van der Waals surface area (Å²) in [7, 11) is 0. The molecule has 5 rings (SSSR count). The molecule has 1 aliphatic rings. The largest absolute Gasteiger partial charge is 0.458 e. The maximum absolute atomic E-state index is 6.43. The van der Waals surface area contributed by atoms with Crippen molar-refractivity contribution in [3.8, 4) is 23.0 Å². The first-order valence-electron chi connectivity index (χ1n) is 11.9. The molecule has 0 fully saturated rings. The average molecular weight is 509 g/mol. The summed E-state index contributed by atoms with van der Waals surface area (Å²) in [5, 5.41) is 0. The van der Waals surface area contributed by atoms with E-state index in [9.17, 15) is 0 Å². The summed E-state index contributed by atoms with van der Waals surface area (Å²) in [4.78, 5) is 0. The van der Waals surface area contributed by atoms with Crippen molar-refractivity contribution in [2.45, 2.75) is 12.2 Å². The van der Waals surface area contributed by atoms with Crippen LogP contribution < -0.4 is 41.9 Å². The first-order chi connectivity index (χ1) is 18.4. The normalized spacial score (nSPS) is 14.1. The van der Waals surface area contributed by atoms with E-state index in [1.807, 2.05) is 0 Å². The zero-order chi connectivity index (χ0) is 26.5. The summed E-state index contributed by atoms with van der Waals surface area (Å²) in [5.41, 5.74) is 26.0. The summed E-state index contributed by atoms with van der Waals surface area (Å²) in [6, 6.07) is 28.4. The number of hydrogen-bond acceptors (Lipinski definition) is 8. The van der Waals surface area contributed by atoms with Gasteiger partial charge in [0, 0.05) is 28.8 Å². The maximum Gasteiger partial charge on any atom is 0.278 e. The van der Waals surface area contributed by atoms with Crippen molar-refractivity contribution in [1.82, 2.24) is 0 Å². The fourth-order valence-corrected chi connectivity index (χ4v) is 3.82. The van der Waals surface area contributed by atoms with Crippen molar-refractivity contribution in [1.29, 1.82) is 0 Å². The van der Waals surface area contributed by atoms with Crippen LogP contribution in [0, 0.1) is 0 Å². The van der Waals surface area contributed by atoms with Gasteiger partial charge in [0.25, 0.3) is 5.79 Å². The van der Waals surface area contributed by atoms with Gasteiger partial charge >= 0.3 is 0 Å². The minimum absolute atomic E-state index is 0.174. The Morgan fingerprint density at radius 3 is 1.26 bits per heavy atom. The minimum atomic E-state index is -1.27. The molecule has 1 aliphatic carbocycles. The van der Waals surface area contributed by atoms with Gasteiger partial charge in [-0.15, -0.1) is 0 Å². The van der Waals surface area contributed by atoms with Gasteiger partial charge in [0.2, 0.25) is 0 Å². The van der Waals surface area contributed by atoms with Crippen LogP contribution in [0.3, 0.4) is 0 Å². The minimum Gasteiger partial charge on any atom is -0.458 e. The third-order valence-electron chi connectivity index (χ3n) is 5.74. The monoisotopic (exact) mass is 508 g/mol. The van der Waals surface area contributed by atoms with E-state index in [-0.39, 0.29) is 6.42 Å². The molecule has 0 amide bonds. The molecule has 8 nitrogen and oxygen atoms in total. The van der Waals surface area contributed by atoms with Crippen LogP contribution in [-0.4, -0.2) is 5.79 Å². The Hall–Kier alpha value is -5.24. The van der Waals surface area contributed by atoms with Crippen LogP contribution in [0.4, 0.5) is 22.7 Å². The van der Waals surface area contributed by atoms with Gasteiger partial charge in [0.05, 0.1) is 6.42 Å². The van der Waals surface area contributed by atoms with Crippen LogP contribution in [0.2, 0.25) is 0 Å². The molecule has 0 atom stereocenters. The number of nitrogens with two attached hydrogens (primary N) is 4. The van der Waals surface area contributed by atoms with Crippen LogP contribution in [-0.2, 0) is 0 Å². The van der Waals surface area contributed by atoms with E-state index < -0.39 is 5.79 Å². The van der Waals surface area contributed by atoms with Gasteiger partial charge in [-0.1, -0.05) is 0 Å². The van der Waals surface area contributed by atoms with Crippen LogP contribution in [0.5, 0.6) is 23.0 Å². The predicted molar refractivity (Wildman–Crippen MR) is 149 cm³/mol. The molecule has 0 aliphatic heterocycles. The third kappa shape index (κ3) is 5.93. The first kappa shape index (κ1) is 24.5. The van der Waals surface area contributed by atoms with Crippen LogP contribution in [0.1, 0.15) is 6.42 Å². The highest BCUT2D eigenvalue weighted by atomic mass is 16.7. The van der Waals surface area contributed by atoms with Crippen LogP contribution in [0.15, 0.2) is 121 Å². The number of anilines is 4. The van der Waals surface area contributed by atoms with Crippen LogP contribution >= 0.6 is 0 Å².